The van der Waals surface area contributed by atoms with Gasteiger partial charge >= 0.3 is 5.97 Å². The van der Waals surface area contributed by atoms with Gasteiger partial charge in [0.05, 0.1) is 4.90 Å². The second kappa shape index (κ2) is 5.45. The first kappa shape index (κ1) is 14.9. The van der Waals surface area contributed by atoms with E-state index in [-0.39, 0.29) is 13.0 Å². The van der Waals surface area contributed by atoms with Crippen LogP contribution in [0.2, 0.25) is 0 Å². The zero-order chi connectivity index (χ0) is 14.9. The number of nitrogens with zero attached hydrogens (tertiary/aromatic N) is 1. The molecule has 20 heavy (non-hydrogen) atoms. The molecule has 0 saturated carbocycles. The number of carboxylic acids is 1. The number of hydrogen-bond acceptors (Lipinski definition) is 3. The summed E-state index contributed by atoms with van der Waals surface area (Å²) in [4.78, 5) is 10.7. The molecule has 0 spiro atoms. The number of halogens is 2. The number of carbonyl (C=O) groups is 1. The van der Waals surface area contributed by atoms with Gasteiger partial charge in [0.15, 0.2) is 11.6 Å². The van der Waals surface area contributed by atoms with Crippen LogP contribution in [-0.2, 0) is 14.8 Å². The molecule has 0 bridgehead atoms. The van der Waals surface area contributed by atoms with E-state index in [2.05, 4.69) is 0 Å². The fourth-order valence-electron chi connectivity index (χ4n) is 2.21. The Kier molecular flexibility index (Phi) is 4.05. The highest BCUT2D eigenvalue weighted by Crippen LogP contribution is 2.26. The Morgan fingerprint density at radius 2 is 1.95 bits per heavy atom. The summed E-state index contributed by atoms with van der Waals surface area (Å²) in [7, 11) is -4.15. The summed E-state index contributed by atoms with van der Waals surface area (Å²) in [5.41, 5.74) is 0. The molecule has 1 N–H and O–H groups in total. The van der Waals surface area contributed by atoms with Gasteiger partial charge in [0.25, 0.3) is 0 Å². The smallest absolute Gasteiger partial charge is 0.322 e. The van der Waals surface area contributed by atoms with Gasteiger partial charge < -0.3 is 5.11 Å². The van der Waals surface area contributed by atoms with Crippen molar-refractivity contribution in [1.29, 1.82) is 0 Å². The van der Waals surface area contributed by atoms with E-state index in [1.54, 1.807) is 0 Å². The lowest BCUT2D eigenvalue weighted by Crippen LogP contribution is -2.47. The summed E-state index contributed by atoms with van der Waals surface area (Å²) in [6.45, 7) is 0.0539. The molecule has 1 aliphatic rings. The Bertz CT molecular complexity index is 632. The Balaban J connectivity index is 2.42. The Hall–Kier alpha value is -1.54. The normalized spacial score (nSPS) is 20.8. The standard InChI is InChI=1S/C12H13F2NO4S/c13-9-5-4-8(7-10(9)14)20(18,19)15-6-2-1-3-11(15)12(16)17/h4-5,7,11H,1-3,6H2,(H,16,17)/t11-/m0/s1. The highest BCUT2D eigenvalue weighted by atomic mass is 32.2. The molecule has 0 aliphatic carbocycles. The minimum absolute atomic E-state index is 0.0539. The molecule has 1 atom stereocenters. The molecule has 1 aliphatic heterocycles. The second-order valence-electron chi connectivity index (χ2n) is 4.54. The number of carboxylic acid groups (broad SMARTS) is 1. The van der Waals surface area contributed by atoms with Gasteiger partial charge in [-0.05, 0) is 37.5 Å². The topological polar surface area (TPSA) is 74.7 Å². The van der Waals surface area contributed by atoms with Crippen LogP contribution in [0, 0.1) is 11.6 Å². The molecule has 1 fully saturated rings. The molecule has 2 rings (SSSR count). The van der Waals surface area contributed by atoms with Crippen LogP contribution in [0.5, 0.6) is 0 Å². The van der Waals surface area contributed by atoms with E-state index >= 15 is 0 Å². The van der Waals surface area contributed by atoms with Gasteiger partial charge in [0.2, 0.25) is 10.0 Å². The van der Waals surface area contributed by atoms with Crippen LogP contribution in [-0.4, -0.2) is 36.4 Å². The first-order valence-electron chi connectivity index (χ1n) is 6.04. The third-order valence-corrected chi connectivity index (χ3v) is 5.14. The van der Waals surface area contributed by atoms with E-state index in [4.69, 9.17) is 5.11 Å². The third kappa shape index (κ3) is 2.66. The molecule has 0 radical (unpaired) electrons. The van der Waals surface area contributed by atoms with Crippen LogP contribution in [0.3, 0.4) is 0 Å². The SMILES string of the molecule is O=C(O)[C@@H]1CCCCN1S(=O)(=O)c1ccc(F)c(F)c1. The molecule has 1 saturated heterocycles. The fourth-order valence-corrected chi connectivity index (χ4v) is 3.88. The minimum Gasteiger partial charge on any atom is -0.480 e. The predicted molar refractivity (Wildman–Crippen MR) is 65.5 cm³/mol. The zero-order valence-corrected chi connectivity index (χ0v) is 11.2. The van der Waals surface area contributed by atoms with Crippen LogP contribution >= 0.6 is 0 Å². The van der Waals surface area contributed by atoms with Crippen molar-refractivity contribution in [2.75, 3.05) is 6.54 Å². The van der Waals surface area contributed by atoms with Crippen LogP contribution in [0.4, 0.5) is 8.78 Å². The molecular formula is C12H13F2NO4S. The van der Waals surface area contributed by atoms with Crippen LogP contribution in [0.25, 0.3) is 0 Å². The predicted octanol–water partition coefficient (Wildman–Crippen LogP) is 1.59. The first-order valence-corrected chi connectivity index (χ1v) is 7.48. The first-order chi connectivity index (χ1) is 9.34. The van der Waals surface area contributed by atoms with E-state index in [0.29, 0.717) is 25.0 Å². The highest BCUT2D eigenvalue weighted by Gasteiger charge is 2.37. The van der Waals surface area contributed by atoms with Crippen molar-refractivity contribution >= 4 is 16.0 Å². The van der Waals surface area contributed by atoms with E-state index < -0.39 is 38.6 Å². The van der Waals surface area contributed by atoms with Crippen molar-refractivity contribution in [3.05, 3.63) is 29.8 Å². The highest BCUT2D eigenvalue weighted by molar-refractivity contribution is 7.89. The lowest BCUT2D eigenvalue weighted by atomic mass is 10.1. The molecule has 0 aromatic heterocycles. The number of aliphatic carboxylic acids is 1. The van der Waals surface area contributed by atoms with E-state index in [9.17, 15) is 22.0 Å². The Morgan fingerprint density at radius 1 is 1.25 bits per heavy atom. The Labute approximate surface area is 114 Å². The lowest BCUT2D eigenvalue weighted by Gasteiger charge is -2.31. The van der Waals surface area contributed by atoms with Gasteiger partial charge in [0, 0.05) is 6.54 Å². The maximum atomic E-state index is 13.2. The van der Waals surface area contributed by atoms with Gasteiger partial charge in [-0.15, -0.1) is 0 Å². The summed E-state index contributed by atoms with van der Waals surface area (Å²) in [5, 5.41) is 9.08. The molecule has 110 valence electrons. The average molecular weight is 305 g/mol. The molecular weight excluding hydrogens is 292 g/mol. The molecule has 1 aromatic rings. The van der Waals surface area contributed by atoms with Crippen molar-refractivity contribution in [3.63, 3.8) is 0 Å². The fraction of sp³-hybridized carbons (Fsp3) is 0.417. The van der Waals surface area contributed by atoms with Crippen molar-refractivity contribution in [2.45, 2.75) is 30.2 Å². The van der Waals surface area contributed by atoms with Gasteiger partial charge in [-0.2, -0.15) is 4.31 Å². The van der Waals surface area contributed by atoms with Gasteiger partial charge in [-0.3, -0.25) is 4.79 Å². The maximum absolute atomic E-state index is 13.2. The third-order valence-electron chi connectivity index (χ3n) is 3.24. The monoisotopic (exact) mass is 305 g/mol. The van der Waals surface area contributed by atoms with E-state index in [0.717, 1.165) is 10.4 Å². The number of benzene rings is 1. The van der Waals surface area contributed by atoms with Crippen molar-refractivity contribution in [1.82, 2.24) is 4.31 Å². The van der Waals surface area contributed by atoms with Crippen LogP contribution in [0.15, 0.2) is 23.1 Å². The van der Waals surface area contributed by atoms with E-state index in [1.807, 2.05) is 0 Å². The van der Waals surface area contributed by atoms with Crippen molar-refractivity contribution < 1.29 is 27.1 Å². The van der Waals surface area contributed by atoms with Crippen molar-refractivity contribution in [2.24, 2.45) is 0 Å². The molecule has 5 nitrogen and oxygen atoms in total. The molecule has 8 heteroatoms. The van der Waals surface area contributed by atoms with Gasteiger partial charge in [0.1, 0.15) is 6.04 Å². The zero-order valence-electron chi connectivity index (χ0n) is 10.4. The number of piperidine rings is 1. The van der Waals surface area contributed by atoms with Gasteiger partial charge in [-0.1, -0.05) is 0 Å². The molecule has 1 heterocycles. The molecule has 0 unspecified atom stereocenters. The van der Waals surface area contributed by atoms with Crippen LogP contribution < -0.4 is 0 Å². The lowest BCUT2D eigenvalue weighted by molar-refractivity contribution is -0.142. The Morgan fingerprint density at radius 3 is 2.55 bits per heavy atom. The molecule has 0 amide bonds. The average Bonchev–Trinajstić information content (AvgIpc) is 2.41. The van der Waals surface area contributed by atoms with Crippen LogP contribution in [0.1, 0.15) is 19.3 Å². The summed E-state index contributed by atoms with van der Waals surface area (Å²) in [6.07, 6.45) is 1.35. The van der Waals surface area contributed by atoms with Gasteiger partial charge in [-0.25, -0.2) is 17.2 Å². The largest absolute Gasteiger partial charge is 0.480 e. The summed E-state index contributed by atoms with van der Waals surface area (Å²) in [5.74, 6) is -3.68. The van der Waals surface area contributed by atoms with Crippen molar-refractivity contribution in [3.8, 4) is 0 Å². The minimum atomic E-state index is -4.15. The van der Waals surface area contributed by atoms with E-state index in [1.165, 1.54) is 0 Å². The molecule has 1 aromatic carbocycles. The maximum Gasteiger partial charge on any atom is 0.322 e. The quantitative estimate of drug-likeness (QED) is 0.920. The number of rotatable bonds is 3. The summed E-state index contributed by atoms with van der Waals surface area (Å²) >= 11 is 0. The second-order valence-corrected chi connectivity index (χ2v) is 6.43. The number of sulfonamides is 1. The summed E-state index contributed by atoms with van der Waals surface area (Å²) in [6, 6.07) is 1.04. The number of hydrogen-bond donors (Lipinski definition) is 1. The summed E-state index contributed by atoms with van der Waals surface area (Å²) < 4.78 is 51.5.